The summed E-state index contributed by atoms with van der Waals surface area (Å²) in [6.07, 6.45) is 11.6. The van der Waals surface area contributed by atoms with Crippen molar-refractivity contribution in [3.63, 3.8) is 0 Å². The average Bonchev–Trinajstić information content (AvgIpc) is 2.30. The van der Waals surface area contributed by atoms with E-state index in [2.05, 4.69) is 24.1 Å². The highest BCUT2D eigenvalue weighted by molar-refractivity contribution is 4.90. The van der Waals surface area contributed by atoms with E-state index in [1.165, 1.54) is 71.0 Å². The van der Waals surface area contributed by atoms with Gasteiger partial charge in [0, 0.05) is 25.2 Å². The first-order chi connectivity index (χ1) is 9.76. The molecule has 0 spiro atoms. The van der Waals surface area contributed by atoms with Crippen LogP contribution in [-0.2, 0) is 0 Å². The van der Waals surface area contributed by atoms with Gasteiger partial charge in [-0.05, 0) is 62.8 Å². The average molecular weight is 278 g/mol. The monoisotopic (exact) mass is 278 g/mol. The second-order valence-electron chi connectivity index (χ2n) is 7.86. The number of piperidine rings is 1. The van der Waals surface area contributed by atoms with Crippen molar-refractivity contribution >= 4 is 0 Å². The number of hydrogen-bond acceptors (Lipinski definition) is 2. The van der Waals surface area contributed by atoms with Gasteiger partial charge in [0.1, 0.15) is 0 Å². The van der Waals surface area contributed by atoms with Crippen LogP contribution < -0.4 is 5.32 Å². The van der Waals surface area contributed by atoms with Crippen molar-refractivity contribution in [1.29, 1.82) is 0 Å². The van der Waals surface area contributed by atoms with Crippen LogP contribution in [0, 0.1) is 17.8 Å². The Bertz CT molecular complexity index is 296. The zero-order valence-electron chi connectivity index (χ0n) is 13.6. The quantitative estimate of drug-likeness (QED) is 0.797. The Morgan fingerprint density at radius 3 is 2.40 bits per heavy atom. The summed E-state index contributed by atoms with van der Waals surface area (Å²) in [5.74, 6) is 2.88. The van der Waals surface area contributed by atoms with E-state index in [0.717, 1.165) is 29.8 Å². The molecule has 1 heterocycles. The van der Waals surface area contributed by atoms with Gasteiger partial charge in [-0.1, -0.05) is 26.7 Å². The molecule has 1 N–H and O–H groups in total. The van der Waals surface area contributed by atoms with Crippen LogP contribution in [0.3, 0.4) is 0 Å². The number of rotatable bonds is 6. The van der Waals surface area contributed by atoms with Gasteiger partial charge < -0.3 is 5.32 Å². The van der Waals surface area contributed by atoms with Crippen molar-refractivity contribution in [1.82, 2.24) is 10.2 Å². The molecule has 1 aliphatic heterocycles. The van der Waals surface area contributed by atoms with Gasteiger partial charge >= 0.3 is 0 Å². The molecule has 3 atom stereocenters. The van der Waals surface area contributed by atoms with Crippen molar-refractivity contribution in [2.24, 2.45) is 17.8 Å². The van der Waals surface area contributed by atoms with Crippen LogP contribution in [0.5, 0.6) is 0 Å². The molecule has 0 aromatic heterocycles. The molecule has 3 aliphatic rings. The van der Waals surface area contributed by atoms with E-state index in [1.807, 2.05) is 0 Å². The summed E-state index contributed by atoms with van der Waals surface area (Å²) in [5.41, 5.74) is 0. The third-order valence-electron chi connectivity index (χ3n) is 6.19. The second-order valence-corrected chi connectivity index (χ2v) is 7.86. The normalized spacial score (nSPS) is 34.5. The summed E-state index contributed by atoms with van der Waals surface area (Å²) in [4.78, 5) is 2.84. The van der Waals surface area contributed by atoms with E-state index in [0.29, 0.717) is 0 Å². The summed E-state index contributed by atoms with van der Waals surface area (Å²) >= 11 is 0. The van der Waals surface area contributed by atoms with E-state index < -0.39 is 0 Å². The third-order valence-corrected chi connectivity index (χ3v) is 6.19. The Morgan fingerprint density at radius 1 is 1.10 bits per heavy atom. The zero-order chi connectivity index (χ0) is 13.9. The van der Waals surface area contributed by atoms with Crippen molar-refractivity contribution in [2.75, 3.05) is 19.6 Å². The fourth-order valence-electron chi connectivity index (χ4n) is 4.56. The number of nitrogens with zero attached hydrogens (tertiary/aromatic N) is 1. The van der Waals surface area contributed by atoms with E-state index >= 15 is 0 Å². The van der Waals surface area contributed by atoms with Crippen LogP contribution in [0.25, 0.3) is 0 Å². The van der Waals surface area contributed by atoms with Gasteiger partial charge in [-0.15, -0.1) is 0 Å². The Balaban J connectivity index is 1.51. The lowest BCUT2D eigenvalue weighted by Gasteiger charge is -2.46. The van der Waals surface area contributed by atoms with Crippen LogP contribution in [-0.4, -0.2) is 36.6 Å². The minimum Gasteiger partial charge on any atom is -0.312 e. The zero-order valence-corrected chi connectivity index (χ0v) is 13.6. The van der Waals surface area contributed by atoms with Crippen molar-refractivity contribution < 1.29 is 0 Å². The molecule has 2 heteroatoms. The van der Waals surface area contributed by atoms with Crippen LogP contribution in [0.15, 0.2) is 0 Å². The van der Waals surface area contributed by atoms with Gasteiger partial charge in [0.15, 0.2) is 0 Å². The van der Waals surface area contributed by atoms with Crippen LogP contribution in [0.1, 0.15) is 65.2 Å². The molecule has 3 rings (SSSR count). The lowest BCUT2D eigenvalue weighted by Crippen LogP contribution is -2.55. The first-order valence-corrected chi connectivity index (χ1v) is 9.23. The molecule has 2 nitrogen and oxygen atoms in total. The van der Waals surface area contributed by atoms with Crippen molar-refractivity contribution in [3.05, 3.63) is 0 Å². The molecule has 0 radical (unpaired) electrons. The number of hydrogen-bond donors (Lipinski definition) is 1. The molecule has 116 valence electrons. The highest BCUT2D eigenvalue weighted by Gasteiger charge is 2.35. The highest BCUT2D eigenvalue weighted by atomic mass is 15.2. The minimum absolute atomic E-state index is 0.758. The Hall–Kier alpha value is -0.0800. The lowest BCUT2D eigenvalue weighted by atomic mass is 9.77. The molecular formula is C18H34N2. The molecule has 1 saturated heterocycles. The predicted octanol–water partition coefficient (Wildman–Crippen LogP) is 3.67. The summed E-state index contributed by atoms with van der Waals surface area (Å²) in [6.45, 7) is 8.80. The first kappa shape index (κ1) is 14.8. The largest absolute Gasteiger partial charge is 0.312 e. The van der Waals surface area contributed by atoms with Gasteiger partial charge in [-0.2, -0.15) is 0 Å². The molecular weight excluding hydrogens is 244 g/mol. The van der Waals surface area contributed by atoms with Crippen molar-refractivity contribution in [2.45, 2.75) is 77.3 Å². The SMILES string of the molecule is CCC(C1CCC1)N1CC(C)CC(NCC2CCC2)C1. The fraction of sp³-hybridized carbons (Fsp3) is 1.00. The standard InChI is InChI=1S/C18H34N2/c1-3-18(16-8-5-9-16)20-12-14(2)10-17(13-20)19-11-15-6-4-7-15/h14-19H,3-13H2,1-2H3. The lowest BCUT2D eigenvalue weighted by molar-refractivity contribution is 0.0424. The summed E-state index contributed by atoms with van der Waals surface area (Å²) < 4.78 is 0. The van der Waals surface area contributed by atoms with Crippen LogP contribution >= 0.6 is 0 Å². The topological polar surface area (TPSA) is 15.3 Å². The molecule has 20 heavy (non-hydrogen) atoms. The van der Waals surface area contributed by atoms with E-state index in [1.54, 1.807) is 0 Å². The smallest absolute Gasteiger partial charge is 0.0198 e. The van der Waals surface area contributed by atoms with Crippen molar-refractivity contribution in [3.8, 4) is 0 Å². The van der Waals surface area contributed by atoms with Gasteiger partial charge in [-0.25, -0.2) is 0 Å². The van der Waals surface area contributed by atoms with E-state index in [4.69, 9.17) is 0 Å². The Kier molecular flexibility index (Phi) is 5.04. The van der Waals surface area contributed by atoms with Gasteiger partial charge in [0.25, 0.3) is 0 Å². The maximum absolute atomic E-state index is 3.90. The van der Waals surface area contributed by atoms with Gasteiger partial charge in [0.2, 0.25) is 0 Å². The second kappa shape index (κ2) is 6.79. The molecule has 0 amide bonds. The van der Waals surface area contributed by atoms with Crippen LogP contribution in [0.2, 0.25) is 0 Å². The maximum Gasteiger partial charge on any atom is 0.0198 e. The van der Waals surface area contributed by atoms with Crippen LogP contribution in [0.4, 0.5) is 0 Å². The molecule has 0 aromatic rings. The minimum atomic E-state index is 0.758. The molecule has 2 saturated carbocycles. The molecule has 0 bridgehead atoms. The summed E-state index contributed by atoms with van der Waals surface area (Å²) in [6, 6.07) is 1.63. The number of likely N-dealkylation sites (tertiary alicyclic amines) is 1. The summed E-state index contributed by atoms with van der Waals surface area (Å²) in [7, 11) is 0. The number of nitrogens with one attached hydrogen (secondary N) is 1. The van der Waals surface area contributed by atoms with E-state index in [-0.39, 0.29) is 0 Å². The molecule has 3 fully saturated rings. The first-order valence-electron chi connectivity index (χ1n) is 9.23. The van der Waals surface area contributed by atoms with E-state index in [9.17, 15) is 0 Å². The Morgan fingerprint density at radius 2 is 1.85 bits per heavy atom. The van der Waals surface area contributed by atoms with Gasteiger partial charge in [0.05, 0.1) is 0 Å². The summed E-state index contributed by atoms with van der Waals surface area (Å²) in [5, 5.41) is 3.90. The molecule has 3 unspecified atom stereocenters. The molecule has 2 aliphatic carbocycles. The highest BCUT2D eigenvalue weighted by Crippen LogP contribution is 2.35. The predicted molar refractivity (Wildman–Crippen MR) is 85.9 cm³/mol. The third kappa shape index (κ3) is 3.39. The fourth-order valence-corrected chi connectivity index (χ4v) is 4.56. The molecule has 0 aromatic carbocycles. The Labute approximate surface area is 125 Å². The van der Waals surface area contributed by atoms with Gasteiger partial charge in [-0.3, -0.25) is 4.90 Å². The maximum atomic E-state index is 3.90.